The van der Waals surface area contributed by atoms with Gasteiger partial charge in [0.1, 0.15) is 5.88 Å². The molecule has 2 heterocycles. The molecule has 0 aliphatic carbocycles. The quantitative estimate of drug-likeness (QED) is 0.772. The van der Waals surface area contributed by atoms with E-state index in [0.29, 0.717) is 23.7 Å². The van der Waals surface area contributed by atoms with Gasteiger partial charge in [-0.3, -0.25) is 9.59 Å². The van der Waals surface area contributed by atoms with Gasteiger partial charge in [0.25, 0.3) is 5.91 Å². The van der Waals surface area contributed by atoms with Gasteiger partial charge >= 0.3 is 0 Å². The van der Waals surface area contributed by atoms with E-state index in [1.807, 2.05) is 30.3 Å². The first kappa shape index (κ1) is 15.5. The molecule has 0 aromatic heterocycles. The van der Waals surface area contributed by atoms with Gasteiger partial charge in [-0.1, -0.05) is 41.9 Å². The molecule has 0 N–H and O–H groups in total. The number of carbonyl (C=O) groups is 2. The van der Waals surface area contributed by atoms with Gasteiger partial charge in [-0.15, -0.1) is 11.6 Å². The topological polar surface area (TPSA) is 40.6 Å². The molecule has 4 rings (SSSR count). The Morgan fingerprint density at radius 3 is 2.50 bits per heavy atom. The van der Waals surface area contributed by atoms with Gasteiger partial charge in [0.2, 0.25) is 5.91 Å². The molecule has 2 amide bonds. The van der Waals surface area contributed by atoms with Gasteiger partial charge in [-0.05, 0) is 18.2 Å². The summed E-state index contributed by atoms with van der Waals surface area (Å²) in [6, 6.07) is 14.7. The SMILES string of the molecule is O=C(CCl)N1CCN2C(=O)c3ccccc3[C@@]12c1ccc(Cl)cc1. The number of rotatable bonds is 2. The van der Waals surface area contributed by atoms with Crippen LogP contribution in [-0.4, -0.2) is 40.6 Å². The Bertz CT molecular complexity index is 837. The lowest BCUT2D eigenvalue weighted by atomic mass is 9.90. The average molecular weight is 361 g/mol. The standard InChI is InChI=1S/C18H14Cl2N2O2/c19-11-16(23)21-9-10-22-17(24)14-3-1-2-4-15(14)18(21,22)12-5-7-13(20)8-6-12/h1-8H,9-11H2/t18-/m0/s1. The van der Waals surface area contributed by atoms with Gasteiger partial charge in [0.05, 0.1) is 0 Å². The van der Waals surface area contributed by atoms with Crippen LogP contribution in [0.3, 0.4) is 0 Å². The fourth-order valence-electron chi connectivity index (χ4n) is 3.85. The Kier molecular flexibility index (Phi) is 3.55. The van der Waals surface area contributed by atoms with E-state index in [9.17, 15) is 9.59 Å². The molecule has 1 atom stereocenters. The number of benzene rings is 2. The summed E-state index contributed by atoms with van der Waals surface area (Å²) in [5, 5.41) is 0.604. The molecule has 0 saturated carbocycles. The Morgan fingerprint density at radius 1 is 1.08 bits per heavy atom. The van der Waals surface area contributed by atoms with Gasteiger partial charge in [-0.25, -0.2) is 0 Å². The number of hydrogen-bond acceptors (Lipinski definition) is 2. The molecule has 2 aromatic carbocycles. The first-order chi connectivity index (χ1) is 11.6. The number of alkyl halides is 1. The number of carbonyl (C=O) groups excluding carboxylic acids is 2. The Morgan fingerprint density at radius 2 is 1.79 bits per heavy atom. The van der Waals surface area contributed by atoms with Crippen LogP contribution in [0.4, 0.5) is 0 Å². The van der Waals surface area contributed by atoms with Crippen molar-refractivity contribution in [3.63, 3.8) is 0 Å². The van der Waals surface area contributed by atoms with E-state index >= 15 is 0 Å². The Hall–Kier alpha value is -2.04. The fraction of sp³-hybridized carbons (Fsp3) is 0.222. The van der Waals surface area contributed by atoms with E-state index < -0.39 is 5.66 Å². The maximum absolute atomic E-state index is 12.9. The molecule has 0 radical (unpaired) electrons. The molecular weight excluding hydrogens is 347 g/mol. The van der Waals surface area contributed by atoms with Crippen molar-refractivity contribution in [1.29, 1.82) is 0 Å². The lowest BCUT2D eigenvalue weighted by Gasteiger charge is -2.40. The minimum Gasteiger partial charge on any atom is -0.309 e. The third-order valence-electron chi connectivity index (χ3n) is 4.77. The van der Waals surface area contributed by atoms with Gasteiger partial charge in [0.15, 0.2) is 5.66 Å². The zero-order valence-electron chi connectivity index (χ0n) is 12.7. The first-order valence-corrected chi connectivity index (χ1v) is 8.56. The smallest absolute Gasteiger partial charge is 0.256 e. The Labute approximate surface area is 149 Å². The largest absolute Gasteiger partial charge is 0.309 e. The third-order valence-corrected chi connectivity index (χ3v) is 5.25. The number of nitrogens with zero attached hydrogens (tertiary/aromatic N) is 2. The molecule has 2 aliphatic rings. The molecular formula is C18H14Cl2N2O2. The molecule has 0 unspecified atom stereocenters. The summed E-state index contributed by atoms with van der Waals surface area (Å²) in [6.07, 6.45) is 0. The highest BCUT2D eigenvalue weighted by Gasteiger charge is 2.59. The van der Waals surface area contributed by atoms with Gasteiger partial charge < -0.3 is 9.80 Å². The lowest BCUT2D eigenvalue weighted by molar-refractivity contribution is -0.133. The molecule has 1 fully saturated rings. The van der Waals surface area contributed by atoms with Crippen molar-refractivity contribution in [2.24, 2.45) is 0 Å². The highest BCUT2D eigenvalue weighted by atomic mass is 35.5. The summed E-state index contributed by atoms with van der Waals surface area (Å²) in [7, 11) is 0. The van der Waals surface area contributed by atoms with E-state index in [2.05, 4.69) is 0 Å². The van der Waals surface area contributed by atoms with Crippen LogP contribution in [0.25, 0.3) is 0 Å². The Balaban J connectivity index is 2.02. The molecule has 122 valence electrons. The van der Waals surface area contributed by atoms with Crippen LogP contribution < -0.4 is 0 Å². The van der Waals surface area contributed by atoms with Crippen LogP contribution in [0, 0.1) is 0 Å². The van der Waals surface area contributed by atoms with Crippen LogP contribution in [0.5, 0.6) is 0 Å². The molecule has 0 spiro atoms. The summed E-state index contributed by atoms with van der Waals surface area (Å²) >= 11 is 11.9. The number of amides is 2. The van der Waals surface area contributed by atoms with Crippen molar-refractivity contribution in [1.82, 2.24) is 9.80 Å². The zero-order chi connectivity index (χ0) is 16.9. The van der Waals surface area contributed by atoms with Crippen LogP contribution >= 0.6 is 23.2 Å². The van der Waals surface area contributed by atoms with Crippen molar-refractivity contribution >= 4 is 35.0 Å². The molecule has 2 aliphatic heterocycles. The fourth-order valence-corrected chi connectivity index (χ4v) is 4.12. The van der Waals surface area contributed by atoms with Crippen molar-refractivity contribution < 1.29 is 9.59 Å². The predicted octanol–water partition coefficient (Wildman–Crippen LogP) is 3.08. The van der Waals surface area contributed by atoms with Crippen LogP contribution in [0.2, 0.25) is 5.02 Å². The van der Waals surface area contributed by atoms with Crippen molar-refractivity contribution in [2.75, 3.05) is 19.0 Å². The molecule has 1 saturated heterocycles. The number of fused-ring (bicyclic) bond motifs is 3. The summed E-state index contributed by atoms with van der Waals surface area (Å²) in [5.41, 5.74) is 1.33. The van der Waals surface area contributed by atoms with E-state index in [1.54, 1.807) is 28.0 Å². The molecule has 6 heteroatoms. The summed E-state index contributed by atoms with van der Waals surface area (Å²) in [4.78, 5) is 28.9. The van der Waals surface area contributed by atoms with E-state index in [-0.39, 0.29) is 17.7 Å². The van der Waals surface area contributed by atoms with E-state index in [4.69, 9.17) is 23.2 Å². The lowest BCUT2D eigenvalue weighted by Crippen LogP contribution is -2.52. The van der Waals surface area contributed by atoms with Crippen LogP contribution in [-0.2, 0) is 10.5 Å². The van der Waals surface area contributed by atoms with Crippen molar-refractivity contribution in [3.05, 3.63) is 70.2 Å². The van der Waals surface area contributed by atoms with Crippen LogP contribution in [0.1, 0.15) is 21.5 Å². The molecule has 24 heavy (non-hydrogen) atoms. The minimum absolute atomic E-state index is 0.0644. The normalized spacial score (nSPS) is 21.8. The van der Waals surface area contributed by atoms with Gasteiger partial charge in [0, 0.05) is 34.8 Å². The molecule has 2 aromatic rings. The maximum Gasteiger partial charge on any atom is 0.256 e. The van der Waals surface area contributed by atoms with E-state index in [1.165, 1.54) is 0 Å². The van der Waals surface area contributed by atoms with Crippen molar-refractivity contribution in [2.45, 2.75) is 5.66 Å². The number of halogens is 2. The minimum atomic E-state index is -0.940. The second kappa shape index (κ2) is 5.50. The maximum atomic E-state index is 12.9. The summed E-state index contributed by atoms with van der Waals surface area (Å²) in [6.45, 7) is 0.924. The van der Waals surface area contributed by atoms with Crippen LogP contribution in [0.15, 0.2) is 48.5 Å². The third kappa shape index (κ3) is 1.87. The molecule has 0 bridgehead atoms. The molecule has 4 nitrogen and oxygen atoms in total. The second-order valence-electron chi connectivity index (χ2n) is 5.86. The van der Waals surface area contributed by atoms with E-state index in [0.717, 1.165) is 11.1 Å². The summed E-state index contributed by atoms with van der Waals surface area (Å²) in [5.74, 6) is -0.386. The summed E-state index contributed by atoms with van der Waals surface area (Å²) < 4.78 is 0. The predicted molar refractivity (Wildman–Crippen MR) is 92.1 cm³/mol. The van der Waals surface area contributed by atoms with Crippen molar-refractivity contribution in [3.8, 4) is 0 Å². The van der Waals surface area contributed by atoms with Gasteiger partial charge in [-0.2, -0.15) is 0 Å². The second-order valence-corrected chi connectivity index (χ2v) is 6.56. The highest BCUT2D eigenvalue weighted by molar-refractivity contribution is 6.30. The zero-order valence-corrected chi connectivity index (χ0v) is 14.2. The highest BCUT2D eigenvalue weighted by Crippen LogP contribution is 2.49. The first-order valence-electron chi connectivity index (χ1n) is 7.64. The monoisotopic (exact) mass is 360 g/mol. The number of hydrogen-bond donors (Lipinski definition) is 0. The average Bonchev–Trinajstić information content (AvgIpc) is 3.11.